The largest absolute Gasteiger partial charge is 1.00 e. The Hall–Kier alpha value is 0.570. The van der Waals surface area contributed by atoms with Crippen LogP contribution in [0.3, 0.4) is 0 Å². The number of nitrogens with two attached hydrogens (primary N) is 1. The van der Waals surface area contributed by atoms with Crippen LogP contribution in [0.1, 0.15) is 0 Å². The molecule has 0 radical (unpaired) electrons. The number of hydrogen-bond donors (Lipinski definition) is 2. The van der Waals surface area contributed by atoms with Gasteiger partial charge in [-0.05, 0) is 0 Å². The van der Waals surface area contributed by atoms with Gasteiger partial charge in [-0.25, -0.2) is 13.6 Å². The van der Waals surface area contributed by atoms with Gasteiger partial charge in [-0.3, -0.25) is 0 Å². The van der Waals surface area contributed by atoms with Crippen molar-refractivity contribution < 1.29 is 35.4 Å². The molecule has 0 atom stereocenters. The fourth-order valence-electron chi connectivity index (χ4n) is 0. The van der Waals surface area contributed by atoms with Gasteiger partial charge in [0, 0.05) is 0 Å². The minimum absolute atomic E-state index is 0. The summed E-state index contributed by atoms with van der Waals surface area (Å²) in [6.45, 7) is 0. The van der Waals surface area contributed by atoms with Crippen LogP contribution < -0.4 is 11.3 Å². The molecule has 0 heterocycles. The molecule has 7 heavy (non-hydrogen) atoms. The van der Waals surface area contributed by atoms with Gasteiger partial charge >= 0.3 is 22.4 Å². The SMILES string of the molecule is N.NS(=O)(=O)[O-].[Ag+]. The van der Waals surface area contributed by atoms with Gasteiger partial charge in [0.1, 0.15) is 0 Å². The summed E-state index contributed by atoms with van der Waals surface area (Å²) in [5.41, 5.74) is 0. The third-order valence-electron chi connectivity index (χ3n) is 0. The molecule has 0 aliphatic heterocycles. The smallest absolute Gasteiger partial charge is 0.736 e. The first-order chi connectivity index (χ1) is 2.00. The van der Waals surface area contributed by atoms with E-state index in [2.05, 4.69) is 5.14 Å². The Morgan fingerprint density at radius 1 is 1.43 bits per heavy atom. The van der Waals surface area contributed by atoms with Gasteiger partial charge in [0.05, 0.1) is 0 Å². The third kappa shape index (κ3) is 422. The second-order valence-electron chi connectivity index (χ2n) is 0.493. The van der Waals surface area contributed by atoms with Crippen LogP contribution in [0.2, 0.25) is 0 Å². The molecule has 5 nitrogen and oxygen atoms in total. The van der Waals surface area contributed by atoms with Crippen molar-refractivity contribution in [3.05, 3.63) is 0 Å². The quantitative estimate of drug-likeness (QED) is 0.384. The standard InChI is InChI=1S/Ag.H3NO3S.H3N/c;1-5(2,3)4;/h;(H3,1,2,3,4);1H3/q+1;;/p-1. The summed E-state index contributed by atoms with van der Waals surface area (Å²) in [6.07, 6.45) is 0. The van der Waals surface area contributed by atoms with Gasteiger partial charge in [-0.15, -0.1) is 0 Å². The van der Waals surface area contributed by atoms with E-state index in [4.69, 9.17) is 13.0 Å². The summed E-state index contributed by atoms with van der Waals surface area (Å²) < 4.78 is 26.6. The molecule has 0 aromatic carbocycles. The first-order valence-electron chi connectivity index (χ1n) is 0.736. The van der Waals surface area contributed by atoms with E-state index in [0.29, 0.717) is 0 Å². The minimum Gasteiger partial charge on any atom is -0.736 e. The molecule has 0 saturated heterocycles. The van der Waals surface area contributed by atoms with Crippen molar-refractivity contribution in [2.45, 2.75) is 0 Å². The van der Waals surface area contributed by atoms with Crippen LogP contribution >= 0.6 is 0 Å². The van der Waals surface area contributed by atoms with E-state index in [1.807, 2.05) is 0 Å². The van der Waals surface area contributed by atoms with Crippen molar-refractivity contribution in [3.8, 4) is 0 Å². The Labute approximate surface area is 57.2 Å². The molecule has 0 bridgehead atoms. The summed E-state index contributed by atoms with van der Waals surface area (Å²) >= 11 is 0. The number of rotatable bonds is 0. The molecule has 7 heteroatoms. The molecule has 0 spiro atoms. The fourth-order valence-corrected chi connectivity index (χ4v) is 0. The predicted molar refractivity (Wildman–Crippen MR) is 18.9 cm³/mol. The Kier molecular flexibility index (Phi) is 10.6. The molecule has 50 valence electrons. The van der Waals surface area contributed by atoms with Crippen LogP contribution in [0.4, 0.5) is 0 Å². The fraction of sp³-hybridized carbons (Fsp3) is 0. The van der Waals surface area contributed by atoms with Crippen molar-refractivity contribution in [1.82, 2.24) is 6.15 Å². The van der Waals surface area contributed by atoms with Gasteiger partial charge in [-0.2, -0.15) is 0 Å². The molecular formula is H5AgN2O3S. The molecule has 0 saturated carbocycles. The molecule has 0 aromatic heterocycles. The van der Waals surface area contributed by atoms with Crippen LogP contribution in [-0.4, -0.2) is 13.0 Å². The van der Waals surface area contributed by atoms with Crippen molar-refractivity contribution >= 4 is 10.3 Å². The topological polar surface area (TPSA) is 118 Å². The van der Waals surface area contributed by atoms with E-state index in [0.717, 1.165) is 0 Å². The second kappa shape index (κ2) is 4.72. The van der Waals surface area contributed by atoms with E-state index in [9.17, 15) is 0 Å². The summed E-state index contributed by atoms with van der Waals surface area (Å²) in [5, 5.41) is 3.77. The molecule has 5 N–H and O–H groups in total. The van der Waals surface area contributed by atoms with Crippen LogP contribution in [0.15, 0.2) is 0 Å². The second-order valence-corrected chi connectivity index (χ2v) is 1.48. The van der Waals surface area contributed by atoms with Crippen molar-refractivity contribution in [2.24, 2.45) is 5.14 Å². The predicted octanol–water partition coefficient (Wildman–Crippen LogP) is -1.44. The maximum Gasteiger partial charge on any atom is 1.00 e. The van der Waals surface area contributed by atoms with Gasteiger partial charge < -0.3 is 10.7 Å². The summed E-state index contributed by atoms with van der Waals surface area (Å²) in [4.78, 5) is 0. The summed E-state index contributed by atoms with van der Waals surface area (Å²) in [7, 11) is -4.42. The van der Waals surface area contributed by atoms with E-state index in [1.54, 1.807) is 0 Å². The molecule has 0 aliphatic carbocycles. The maximum atomic E-state index is 8.85. The Morgan fingerprint density at radius 2 is 1.43 bits per heavy atom. The van der Waals surface area contributed by atoms with Crippen molar-refractivity contribution in [3.63, 3.8) is 0 Å². The van der Waals surface area contributed by atoms with Gasteiger partial charge in [0.25, 0.3) is 0 Å². The van der Waals surface area contributed by atoms with Crippen LogP contribution in [0.5, 0.6) is 0 Å². The first-order valence-corrected chi connectivity index (χ1v) is 2.21. The van der Waals surface area contributed by atoms with E-state index < -0.39 is 10.3 Å². The van der Waals surface area contributed by atoms with E-state index in [-0.39, 0.29) is 28.5 Å². The van der Waals surface area contributed by atoms with Crippen molar-refractivity contribution in [1.29, 1.82) is 0 Å². The average molecular weight is 221 g/mol. The monoisotopic (exact) mass is 220 g/mol. The normalized spacial score (nSPS) is 8.29. The Balaban J connectivity index is -0.0000000800. The molecular weight excluding hydrogens is 216 g/mol. The van der Waals surface area contributed by atoms with E-state index >= 15 is 0 Å². The molecule has 0 amide bonds. The van der Waals surface area contributed by atoms with Gasteiger partial charge in [-0.1, -0.05) is 0 Å². The summed E-state index contributed by atoms with van der Waals surface area (Å²) in [6, 6.07) is 0. The van der Waals surface area contributed by atoms with Crippen LogP contribution in [0, 0.1) is 0 Å². The third-order valence-corrected chi connectivity index (χ3v) is 0. The average Bonchev–Trinajstić information content (AvgIpc) is 0.722. The van der Waals surface area contributed by atoms with Crippen LogP contribution in [-0.2, 0) is 32.7 Å². The van der Waals surface area contributed by atoms with E-state index in [1.165, 1.54) is 0 Å². The molecule has 0 aromatic rings. The van der Waals surface area contributed by atoms with Crippen molar-refractivity contribution in [2.75, 3.05) is 0 Å². The number of hydrogen-bond acceptors (Lipinski definition) is 4. The molecule has 0 rings (SSSR count). The Bertz CT molecular complexity index is 96.1. The first kappa shape index (κ1) is 15.6. The Morgan fingerprint density at radius 3 is 1.43 bits per heavy atom. The van der Waals surface area contributed by atoms with Crippen LogP contribution in [0.25, 0.3) is 0 Å². The molecule has 0 fully saturated rings. The summed E-state index contributed by atoms with van der Waals surface area (Å²) in [5.74, 6) is 0. The molecule has 0 unspecified atom stereocenters. The zero-order chi connectivity index (χ0) is 4.50. The zero-order valence-electron chi connectivity index (χ0n) is 3.22. The van der Waals surface area contributed by atoms with Gasteiger partial charge in [0.2, 0.25) is 0 Å². The maximum absolute atomic E-state index is 8.85. The minimum atomic E-state index is -4.42. The zero-order valence-corrected chi connectivity index (χ0v) is 5.52. The van der Waals surface area contributed by atoms with Gasteiger partial charge in [0.15, 0.2) is 10.3 Å². The molecule has 0 aliphatic rings.